The molecule has 4 aromatic rings. The molecule has 3 aromatic heterocycles. The van der Waals surface area contributed by atoms with Crippen molar-refractivity contribution in [1.29, 1.82) is 0 Å². The summed E-state index contributed by atoms with van der Waals surface area (Å²) >= 11 is 0. The molecule has 8 heteroatoms. The Morgan fingerprint density at radius 2 is 1.96 bits per heavy atom. The Morgan fingerprint density at radius 3 is 2.68 bits per heavy atom. The van der Waals surface area contributed by atoms with Crippen molar-refractivity contribution in [2.45, 2.75) is 20.3 Å². The van der Waals surface area contributed by atoms with E-state index in [1.54, 1.807) is 30.3 Å². The number of fused-ring (bicyclic) bond motifs is 1. The highest BCUT2D eigenvalue weighted by molar-refractivity contribution is 6.04. The molecule has 3 heterocycles. The van der Waals surface area contributed by atoms with Crippen LogP contribution < -0.4 is 5.32 Å². The summed E-state index contributed by atoms with van der Waals surface area (Å²) in [5.74, 6) is -0.346. The molecular formula is C20H17F2N5O. The molecule has 0 saturated heterocycles. The number of carbonyl (C=O) groups excluding carboxylic acids is 1. The van der Waals surface area contributed by atoms with Crippen LogP contribution in [0.2, 0.25) is 0 Å². The number of anilines is 1. The molecule has 0 aliphatic carbocycles. The van der Waals surface area contributed by atoms with E-state index in [4.69, 9.17) is 0 Å². The molecule has 6 nitrogen and oxygen atoms in total. The van der Waals surface area contributed by atoms with Gasteiger partial charge in [-0.25, -0.2) is 13.8 Å². The van der Waals surface area contributed by atoms with Crippen molar-refractivity contribution in [3.05, 3.63) is 65.1 Å². The van der Waals surface area contributed by atoms with Crippen LogP contribution in [0.4, 0.5) is 14.5 Å². The van der Waals surface area contributed by atoms with Gasteiger partial charge in [-0.3, -0.25) is 9.89 Å². The highest BCUT2D eigenvalue weighted by Gasteiger charge is 2.17. The number of benzene rings is 1. The quantitative estimate of drug-likeness (QED) is 0.476. The summed E-state index contributed by atoms with van der Waals surface area (Å²) in [6, 6.07) is 9.80. The van der Waals surface area contributed by atoms with Crippen LogP contribution in [0.3, 0.4) is 0 Å². The van der Waals surface area contributed by atoms with Crippen molar-refractivity contribution in [1.82, 2.24) is 20.2 Å². The van der Waals surface area contributed by atoms with Gasteiger partial charge >= 0.3 is 0 Å². The van der Waals surface area contributed by atoms with Crippen LogP contribution in [0, 0.1) is 13.8 Å². The fraction of sp³-hybridized carbons (Fsp3) is 0.150. The Kier molecular flexibility index (Phi) is 4.38. The first-order chi connectivity index (χ1) is 13.4. The van der Waals surface area contributed by atoms with Gasteiger partial charge in [-0.2, -0.15) is 5.10 Å². The maximum absolute atomic E-state index is 13.3. The van der Waals surface area contributed by atoms with E-state index in [2.05, 4.69) is 25.5 Å². The standard InChI is InChI=1S/C20H17F2N5O/c1-10-11(2)26-27-17(10)20(28)24-13-7-12-8-16(25-19(12)23-9-13)14-5-3-4-6-15(14)18(21)22/h3-9,18H,1-2H3,(H,23,25)(H,24,28)(H,26,27). The van der Waals surface area contributed by atoms with Gasteiger partial charge in [0.25, 0.3) is 12.3 Å². The average Bonchev–Trinajstić information content (AvgIpc) is 3.25. The largest absolute Gasteiger partial charge is 0.339 e. The molecule has 0 saturated carbocycles. The van der Waals surface area contributed by atoms with Crippen molar-refractivity contribution in [2.24, 2.45) is 0 Å². The van der Waals surface area contributed by atoms with Crippen molar-refractivity contribution in [3.8, 4) is 11.3 Å². The predicted octanol–water partition coefficient (Wildman–Crippen LogP) is 4.76. The molecule has 0 aliphatic rings. The fourth-order valence-electron chi connectivity index (χ4n) is 3.06. The molecule has 142 valence electrons. The van der Waals surface area contributed by atoms with Crippen LogP contribution in [-0.4, -0.2) is 26.1 Å². The number of aromatic nitrogens is 4. The fourth-order valence-corrected chi connectivity index (χ4v) is 3.06. The van der Waals surface area contributed by atoms with Gasteiger partial charge in [0.05, 0.1) is 11.9 Å². The summed E-state index contributed by atoms with van der Waals surface area (Å²) in [7, 11) is 0. The van der Waals surface area contributed by atoms with E-state index in [1.165, 1.54) is 12.3 Å². The van der Waals surface area contributed by atoms with Crippen LogP contribution in [0.1, 0.15) is 33.7 Å². The Hall–Kier alpha value is -3.55. The number of hydrogen-bond donors (Lipinski definition) is 3. The first kappa shape index (κ1) is 17.8. The molecule has 0 atom stereocenters. The van der Waals surface area contributed by atoms with E-state index in [9.17, 15) is 13.6 Å². The van der Waals surface area contributed by atoms with Gasteiger partial charge in [0.15, 0.2) is 5.69 Å². The normalized spacial score (nSPS) is 11.3. The number of pyridine rings is 1. The number of hydrogen-bond acceptors (Lipinski definition) is 3. The Morgan fingerprint density at radius 1 is 1.18 bits per heavy atom. The number of aromatic amines is 2. The number of amides is 1. The molecule has 3 N–H and O–H groups in total. The van der Waals surface area contributed by atoms with Gasteiger partial charge in [-0.05, 0) is 26.0 Å². The molecule has 0 bridgehead atoms. The Bertz CT molecular complexity index is 1180. The minimum atomic E-state index is -2.58. The van der Waals surface area contributed by atoms with Crippen molar-refractivity contribution >= 4 is 22.6 Å². The molecule has 0 aliphatic heterocycles. The summed E-state index contributed by atoms with van der Waals surface area (Å²) in [5.41, 5.74) is 3.87. The van der Waals surface area contributed by atoms with E-state index in [0.717, 1.165) is 11.3 Å². The van der Waals surface area contributed by atoms with E-state index in [0.29, 0.717) is 33.7 Å². The van der Waals surface area contributed by atoms with Crippen LogP contribution in [0.15, 0.2) is 42.6 Å². The first-order valence-electron chi connectivity index (χ1n) is 8.63. The second-order valence-electron chi connectivity index (χ2n) is 6.51. The number of alkyl halides is 2. The van der Waals surface area contributed by atoms with E-state index in [-0.39, 0.29) is 11.5 Å². The van der Waals surface area contributed by atoms with Gasteiger partial charge in [-0.15, -0.1) is 0 Å². The summed E-state index contributed by atoms with van der Waals surface area (Å²) < 4.78 is 26.6. The molecule has 28 heavy (non-hydrogen) atoms. The summed E-state index contributed by atoms with van der Waals surface area (Å²) in [4.78, 5) is 19.8. The third-order valence-electron chi connectivity index (χ3n) is 4.68. The van der Waals surface area contributed by atoms with Gasteiger partial charge in [0, 0.05) is 33.5 Å². The number of halogens is 2. The smallest absolute Gasteiger partial charge is 0.276 e. The van der Waals surface area contributed by atoms with Crippen LogP contribution in [0.5, 0.6) is 0 Å². The maximum atomic E-state index is 13.3. The van der Waals surface area contributed by atoms with Gasteiger partial charge in [-0.1, -0.05) is 24.3 Å². The zero-order valence-electron chi connectivity index (χ0n) is 15.2. The molecule has 0 spiro atoms. The SMILES string of the molecule is Cc1[nH]nc(C(=O)Nc2cnc3[nH]c(-c4ccccc4C(F)F)cc3c2)c1C. The van der Waals surface area contributed by atoms with Gasteiger partial charge < -0.3 is 10.3 Å². The van der Waals surface area contributed by atoms with Crippen molar-refractivity contribution in [3.63, 3.8) is 0 Å². The zero-order chi connectivity index (χ0) is 19.8. The average molecular weight is 381 g/mol. The minimum absolute atomic E-state index is 0.0491. The lowest BCUT2D eigenvalue weighted by molar-refractivity contribution is 0.102. The molecule has 0 unspecified atom stereocenters. The van der Waals surface area contributed by atoms with E-state index < -0.39 is 6.43 Å². The van der Waals surface area contributed by atoms with Crippen LogP contribution in [-0.2, 0) is 0 Å². The summed E-state index contributed by atoms with van der Waals surface area (Å²) in [5, 5.41) is 10.3. The zero-order valence-corrected chi connectivity index (χ0v) is 15.2. The highest BCUT2D eigenvalue weighted by Crippen LogP contribution is 2.32. The lowest BCUT2D eigenvalue weighted by Crippen LogP contribution is -2.13. The molecule has 1 aromatic carbocycles. The molecule has 0 fully saturated rings. The summed E-state index contributed by atoms with van der Waals surface area (Å²) in [6.07, 6.45) is -1.07. The van der Waals surface area contributed by atoms with E-state index in [1.807, 2.05) is 13.8 Å². The lowest BCUT2D eigenvalue weighted by Gasteiger charge is -2.06. The van der Waals surface area contributed by atoms with E-state index >= 15 is 0 Å². The second kappa shape index (κ2) is 6.88. The third kappa shape index (κ3) is 3.13. The monoisotopic (exact) mass is 381 g/mol. The number of rotatable bonds is 4. The molecule has 0 radical (unpaired) electrons. The number of H-pyrrole nitrogens is 2. The number of nitrogens with zero attached hydrogens (tertiary/aromatic N) is 2. The Labute approximate surface area is 159 Å². The van der Waals surface area contributed by atoms with Gasteiger partial charge in [0.2, 0.25) is 0 Å². The predicted molar refractivity (Wildman–Crippen MR) is 103 cm³/mol. The molecular weight excluding hydrogens is 364 g/mol. The molecule has 1 amide bonds. The summed E-state index contributed by atoms with van der Waals surface area (Å²) in [6.45, 7) is 3.65. The second-order valence-corrected chi connectivity index (χ2v) is 6.51. The van der Waals surface area contributed by atoms with Gasteiger partial charge in [0.1, 0.15) is 5.65 Å². The van der Waals surface area contributed by atoms with Crippen molar-refractivity contribution in [2.75, 3.05) is 5.32 Å². The first-order valence-corrected chi connectivity index (χ1v) is 8.63. The van der Waals surface area contributed by atoms with Crippen LogP contribution in [0.25, 0.3) is 22.3 Å². The number of carbonyl (C=O) groups is 1. The highest BCUT2D eigenvalue weighted by atomic mass is 19.3. The number of nitrogens with one attached hydrogen (secondary N) is 3. The Balaban J connectivity index is 1.66. The topological polar surface area (TPSA) is 86.5 Å². The minimum Gasteiger partial charge on any atom is -0.339 e. The maximum Gasteiger partial charge on any atom is 0.276 e. The number of aryl methyl sites for hydroxylation is 1. The van der Waals surface area contributed by atoms with Crippen LogP contribution >= 0.6 is 0 Å². The molecule has 4 rings (SSSR count). The third-order valence-corrected chi connectivity index (χ3v) is 4.68. The lowest BCUT2D eigenvalue weighted by atomic mass is 10.1. The van der Waals surface area contributed by atoms with Crippen molar-refractivity contribution < 1.29 is 13.6 Å².